The highest BCUT2D eigenvalue weighted by Crippen LogP contribution is 2.25. The Bertz CT molecular complexity index is 1040. The Balaban J connectivity index is 1.57. The lowest BCUT2D eigenvalue weighted by Crippen LogP contribution is -2.51. The maximum atomic E-state index is 12.1. The van der Waals surface area contributed by atoms with Crippen LogP contribution in [0.1, 0.15) is 36.5 Å². The molecule has 2 atom stereocenters. The molecule has 1 aliphatic rings. The van der Waals surface area contributed by atoms with Crippen molar-refractivity contribution in [3.8, 4) is 17.6 Å². The Hall–Kier alpha value is -2.76. The van der Waals surface area contributed by atoms with Crippen LogP contribution in [0, 0.1) is 11.8 Å². The number of methoxy groups -OCH3 is 1. The Morgan fingerprint density at radius 3 is 2.27 bits per heavy atom. The molecule has 3 rings (SSSR count). The van der Waals surface area contributed by atoms with Gasteiger partial charge in [-0.3, -0.25) is 14.9 Å². The van der Waals surface area contributed by atoms with Gasteiger partial charge in [0.15, 0.2) is 0 Å². The first-order chi connectivity index (χ1) is 15.9. The van der Waals surface area contributed by atoms with Crippen molar-refractivity contribution in [1.82, 2.24) is 10.4 Å². The number of benzene rings is 2. The topological polar surface area (TPSA) is 84.9 Å². The molecule has 0 fully saturated rings. The normalized spacial score (nSPS) is 16.6. The maximum absolute atomic E-state index is 12.1. The number of carbonyl (C=O) groups excluding carboxylic acids is 1. The molecule has 33 heavy (non-hydrogen) atoms. The molecule has 1 heterocycles. The zero-order valence-electron chi connectivity index (χ0n) is 19.3. The predicted molar refractivity (Wildman–Crippen MR) is 131 cm³/mol. The molecule has 0 aliphatic carbocycles. The second-order valence-electron chi connectivity index (χ2n) is 8.21. The fourth-order valence-electron chi connectivity index (χ4n) is 3.64. The second-order valence-corrected chi connectivity index (χ2v) is 10.0. The molecular weight excluding hydrogens is 436 g/mol. The van der Waals surface area contributed by atoms with Crippen molar-refractivity contribution >= 4 is 22.7 Å². The van der Waals surface area contributed by atoms with Gasteiger partial charge in [0.05, 0.1) is 13.4 Å². The van der Waals surface area contributed by atoms with Gasteiger partial charge in [-0.25, -0.2) is 5.48 Å². The lowest BCUT2D eigenvalue weighted by Gasteiger charge is -2.32. The highest BCUT2D eigenvalue weighted by molar-refractivity contribution is 7.92. The van der Waals surface area contributed by atoms with Crippen molar-refractivity contribution in [2.75, 3.05) is 33.0 Å². The Kier molecular flexibility index (Phi) is 8.59. The summed E-state index contributed by atoms with van der Waals surface area (Å²) < 4.78 is 16.1. The van der Waals surface area contributed by atoms with Gasteiger partial charge in [-0.05, 0) is 72.1 Å². The largest absolute Gasteiger partial charge is 0.616 e. The first kappa shape index (κ1) is 24.9. The van der Waals surface area contributed by atoms with E-state index in [1.807, 2.05) is 36.4 Å². The maximum Gasteiger partial charge on any atom is 0.299 e. The van der Waals surface area contributed by atoms with E-state index in [2.05, 4.69) is 34.9 Å². The van der Waals surface area contributed by atoms with E-state index in [-0.39, 0.29) is 0 Å². The SMILES string of the molecule is COc1ccc(C#Cc2ccc(C3=CCN(CCC(C)(C(=O)NO)[S+](C)[O-])CC3)cc2)cc1. The second kappa shape index (κ2) is 11.4. The summed E-state index contributed by atoms with van der Waals surface area (Å²) in [4.78, 5) is 14.2. The third-order valence-corrected chi connectivity index (χ3v) is 7.77. The van der Waals surface area contributed by atoms with Gasteiger partial charge in [0, 0.05) is 37.2 Å². The number of amides is 1. The summed E-state index contributed by atoms with van der Waals surface area (Å²) in [5.74, 6) is 6.58. The van der Waals surface area contributed by atoms with Gasteiger partial charge in [-0.2, -0.15) is 0 Å². The average molecular weight is 467 g/mol. The molecule has 0 aromatic heterocycles. The number of carbonyl (C=O) groups is 1. The number of nitrogens with one attached hydrogen (secondary N) is 1. The summed E-state index contributed by atoms with van der Waals surface area (Å²) in [6, 6.07) is 15.9. The van der Waals surface area contributed by atoms with Gasteiger partial charge >= 0.3 is 0 Å². The minimum atomic E-state index is -1.39. The molecule has 0 radical (unpaired) electrons. The molecule has 0 saturated carbocycles. The van der Waals surface area contributed by atoms with E-state index < -0.39 is 21.8 Å². The minimum absolute atomic E-state index is 0.410. The molecule has 2 aromatic carbocycles. The van der Waals surface area contributed by atoms with E-state index in [1.165, 1.54) is 17.4 Å². The van der Waals surface area contributed by atoms with Crippen molar-refractivity contribution in [2.24, 2.45) is 0 Å². The van der Waals surface area contributed by atoms with E-state index in [9.17, 15) is 9.35 Å². The summed E-state index contributed by atoms with van der Waals surface area (Å²) in [7, 11) is 1.64. The van der Waals surface area contributed by atoms with E-state index in [0.29, 0.717) is 13.0 Å². The van der Waals surface area contributed by atoms with Crippen LogP contribution >= 0.6 is 0 Å². The van der Waals surface area contributed by atoms with Crippen LogP contribution in [-0.4, -0.2) is 58.3 Å². The fourth-order valence-corrected chi connectivity index (χ4v) is 4.33. The number of hydroxylamine groups is 1. The summed E-state index contributed by atoms with van der Waals surface area (Å²) in [5.41, 5.74) is 6.02. The highest BCUT2D eigenvalue weighted by Gasteiger charge is 2.42. The van der Waals surface area contributed by atoms with Crippen LogP contribution in [0.5, 0.6) is 5.75 Å². The Labute approximate surface area is 198 Å². The van der Waals surface area contributed by atoms with Crippen molar-refractivity contribution in [1.29, 1.82) is 0 Å². The van der Waals surface area contributed by atoms with Crippen molar-refractivity contribution in [3.63, 3.8) is 0 Å². The summed E-state index contributed by atoms with van der Waals surface area (Å²) in [6.07, 6.45) is 5.00. The van der Waals surface area contributed by atoms with Gasteiger partial charge in [0.2, 0.25) is 4.75 Å². The average Bonchev–Trinajstić information content (AvgIpc) is 2.86. The molecule has 2 N–H and O–H groups in total. The number of ether oxygens (including phenoxy) is 1. The summed E-state index contributed by atoms with van der Waals surface area (Å²) in [6.45, 7) is 3.88. The van der Waals surface area contributed by atoms with Crippen LogP contribution in [0.15, 0.2) is 54.6 Å². The first-order valence-electron chi connectivity index (χ1n) is 10.8. The molecule has 174 valence electrons. The van der Waals surface area contributed by atoms with Gasteiger partial charge in [0.1, 0.15) is 5.75 Å². The number of nitrogens with zero attached hydrogens (tertiary/aromatic N) is 1. The molecule has 1 amide bonds. The quantitative estimate of drug-likeness (QED) is 0.283. The molecule has 7 heteroatoms. The molecule has 0 saturated heterocycles. The third kappa shape index (κ3) is 6.40. The number of hydrogen-bond acceptors (Lipinski definition) is 5. The van der Waals surface area contributed by atoms with Crippen molar-refractivity contribution < 1.29 is 19.3 Å². The zero-order chi connectivity index (χ0) is 23.8. The highest BCUT2D eigenvalue weighted by atomic mass is 32.2. The third-order valence-electron chi connectivity index (χ3n) is 6.11. The first-order valence-corrected chi connectivity index (χ1v) is 12.4. The lowest BCUT2D eigenvalue weighted by molar-refractivity contribution is -0.131. The van der Waals surface area contributed by atoms with Gasteiger partial charge in [0.25, 0.3) is 5.91 Å². The molecule has 6 nitrogen and oxygen atoms in total. The lowest BCUT2D eigenvalue weighted by atomic mass is 9.97. The van der Waals surface area contributed by atoms with E-state index in [1.54, 1.807) is 19.5 Å². The molecule has 2 aromatic rings. The summed E-state index contributed by atoms with van der Waals surface area (Å²) in [5, 5.41) is 8.98. The van der Waals surface area contributed by atoms with E-state index >= 15 is 0 Å². The number of hydrogen-bond donors (Lipinski definition) is 2. The van der Waals surface area contributed by atoms with Crippen LogP contribution in [0.2, 0.25) is 0 Å². The molecule has 2 unspecified atom stereocenters. The molecule has 0 spiro atoms. The number of rotatable bonds is 7. The van der Waals surface area contributed by atoms with E-state index in [4.69, 9.17) is 9.94 Å². The Morgan fingerprint density at radius 2 is 1.79 bits per heavy atom. The summed E-state index contributed by atoms with van der Waals surface area (Å²) >= 11 is -1.39. The van der Waals surface area contributed by atoms with Crippen molar-refractivity contribution in [3.05, 3.63) is 71.3 Å². The van der Waals surface area contributed by atoms with Crippen LogP contribution in [0.25, 0.3) is 5.57 Å². The van der Waals surface area contributed by atoms with Crippen LogP contribution in [0.3, 0.4) is 0 Å². The zero-order valence-corrected chi connectivity index (χ0v) is 20.1. The van der Waals surface area contributed by atoms with Crippen LogP contribution in [-0.2, 0) is 16.0 Å². The molecule has 0 bridgehead atoms. The van der Waals surface area contributed by atoms with Crippen LogP contribution < -0.4 is 10.2 Å². The standard InChI is InChI=1S/C26H30N2O4S/c1-26(33(3)31,25(29)27-30)16-19-28-17-14-23(15-18-28)22-10-6-20(7-11-22)4-5-21-8-12-24(32-2)13-9-21/h6-14,30H,15-19H2,1-3H3,(H,27,29). The van der Waals surface area contributed by atoms with Gasteiger partial charge < -0.3 is 9.29 Å². The monoisotopic (exact) mass is 466 g/mol. The van der Waals surface area contributed by atoms with E-state index in [0.717, 1.165) is 36.4 Å². The fraction of sp³-hybridized carbons (Fsp3) is 0.346. The van der Waals surface area contributed by atoms with Gasteiger partial charge in [-0.1, -0.05) is 30.0 Å². The van der Waals surface area contributed by atoms with Gasteiger partial charge in [-0.15, -0.1) is 0 Å². The van der Waals surface area contributed by atoms with Crippen LogP contribution in [0.4, 0.5) is 0 Å². The van der Waals surface area contributed by atoms with Crippen molar-refractivity contribution in [2.45, 2.75) is 24.5 Å². The Morgan fingerprint density at radius 1 is 1.18 bits per heavy atom. The smallest absolute Gasteiger partial charge is 0.299 e. The molecule has 1 aliphatic heterocycles. The molecular formula is C26H30N2O4S. The minimum Gasteiger partial charge on any atom is -0.616 e. The predicted octanol–water partition coefficient (Wildman–Crippen LogP) is 3.22.